The van der Waals surface area contributed by atoms with Crippen LogP contribution in [-0.2, 0) is 11.2 Å². The molecule has 1 aromatic carbocycles. The van der Waals surface area contributed by atoms with Gasteiger partial charge in [0.15, 0.2) is 5.96 Å². The van der Waals surface area contributed by atoms with E-state index < -0.39 is 0 Å². The molecule has 0 amide bonds. The Balaban J connectivity index is 0.00000243. The van der Waals surface area contributed by atoms with E-state index >= 15 is 0 Å². The molecule has 0 saturated carbocycles. The molecule has 2 N–H and O–H groups in total. The quantitative estimate of drug-likeness (QED) is 0.384. The number of benzene rings is 1. The monoisotopic (exact) mass is 474 g/mol. The highest BCUT2D eigenvalue weighted by Gasteiger charge is 2.24. The van der Waals surface area contributed by atoms with Crippen LogP contribution in [0.5, 0.6) is 0 Å². The van der Waals surface area contributed by atoms with Crippen molar-refractivity contribution in [1.29, 1.82) is 0 Å². The molecule has 0 radical (unpaired) electrons. The van der Waals surface area contributed by atoms with Gasteiger partial charge in [-0.2, -0.15) is 0 Å². The summed E-state index contributed by atoms with van der Waals surface area (Å²) in [5.41, 5.74) is 2.09. The van der Waals surface area contributed by atoms with Gasteiger partial charge < -0.3 is 19.9 Å². The SMILES string of the molecule is CCOCC1CCN(C(=NC)NCCc2c[nH]c3ccc(F)cc23)C1.I. The smallest absolute Gasteiger partial charge is 0.193 e. The maximum absolute atomic E-state index is 13.5. The van der Waals surface area contributed by atoms with Crippen molar-refractivity contribution in [3.05, 3.63) is 35.8 Å². The molecule has 144 valence electrons. The lowest BCUT2D eigenvalue weighted by molar-refractivity contribution is 0.114. The van der Waals surface area contributed by atoms with Gasteiger partial charge >= 0.3 is 0 Å². The predicted octanol–water partition coefficient (Wildman–Crippen LogP) is 3.40. The summed E-state index contributed by atoms with van der Waals surface area (Å²) < 4.78 is 19.0. The van der Waals surface area contributed by atoms with Gasteiger partial charge in [-0.1, -0.05) is 0 Å². The molecule has 1 saturated heterocycles. The van der Waals surface area contributed by atoms with Gasteiger partial charge in [0, 0.05) is 56.3 Å². The lowest BCUT2D eigenvalue weighted by Crippen LogP contribution is -2.41. The Bertz CT molecular complexity index is 733. The van der Waals surface area contributed by atoms with Gasteiger partial charge in [0.1, 0.15) is 5.82 Å². The van der Waals surface area contributed by atoms with Crippen LogP contribution in [0, 0.1) is 11.7 Å². The Labute approximate surface area is 171 Å². The summed E-state index contributed by atoms with van der Waals surface area (Å²) in [6.07, 6.45) is 3.92. The molecule has 0 aliphatic carbocycles. The number of hydrogen-bond acceptors (Lipinski definition) is 2. The van der Waals surface area contributed by atoms with Crippen molar-refractivity contribution in [3.8, 4) is 0 Å². The highest BCUT2D eigenvalue weighted by atomic mass is 127. The van der Waals surface area contributed by atoms with E-state index in [9.17, 15) is 4.39 Å². The van der Waals surface area contributed by atoms with E-state index in [0.29, 0.717) is 5.92 Å². The van der Waals surface area contributed by atoms with E-state index in [-0.39, 0.29) is 29.8 Å². The molecule has 2 aromatic rings. The minimum absolute atomic E-state index is 0. The number of hydrogen-bond donors (Lipinski definition) is 2. The molecule has 5 nitrogen and oxygen atoms in total. The van der Waals surface area contributed by atoms with Gasteiger partial charge in [-0.15, -0.1) is 24.0 Å². The number of rotatable bonds is 6. The van der Waals surface area contributed by atoms with Gasteiger partial charge in [0.2, 0.25) is 0 Å². The van der Waals surface area contributed by atoms with Crippen LogP contribution < -0.4 is 5.32 Å². The van der Waals surface area contributed by atoms with Crippen LogP contribution in [-0.4, -0.2) is 55.7 Å². The van der Waals surface area contributed by atoms with Gasteiger partial charge in [-0.3, -0.25) is 4.99 Å². The standard InChI is InChI=1S/C19H27FN4O.HI/c1-3-25-13-14-7-9-24(12-14)19(21-2)22-8-6-15-11-23-18-5-4-16(20)10-17(15)18;/h4-5,10-11,14,23H,3,6-9,12-13H2,1-2H3,(H,21,22);1H. The average molecular weight is 474 g/mol. The van der Waals surface area contributed by atoms with E-state index in [1.54, 1.807) is 12.1 Å². The number of H-pyrrole nitrogens is 1. The molecule has 1 unspecified atom stereocenters. The number of aliphatic imine (C=N–C) groups is 1. The van der Waals surface area contributed by atoms with Crippen molar-refractivity contribution in [3.63, 3.8) is 0 Å². The summed E-state index contributed by atoms with van der Waals surface area (Å²) in [4.78, 5) is 9.89. The molecule has 1 fully saturated rings. The van der Waals surface area contributed by atoms with Crippen molar-refractivity contribution < 1.29 is 9.13 Å². The van der Waals surface area contributed by atoms with Crippen molar-refractivity contribution in [2.45, 2.75) is 19.8 Å². The van der Waals surface area contributed by atoms with E-state index in [1.165, 1.54) is 6.07 Å². The van der Waals surface area contributed by atoms with Crippen molar-refractivity contribution in [1.82, 2.24) is 15.2 Å². The van der Waals surface area contributed by atoms with Crippen LogP contribution in [0.25, 0.3) is 10.9 Å². The van der Waals surface area contributed by atoms with Crippen LogP contribution in [0.1, 0.15) is 18.9 Å². The first-order valence-corrected chi connectivity index (χ1v) is 9.00. The maximum atomic E-state index is 13.5. The van der Waals surface area contributed by atoms with Crippen LogP contribution in [0.2, 0.25) is 0 Å². The van der Waals surface area contributed by atoms with Crippen molar-refractivity contribution >= 4 is 40.8 Å². The molecule has 1 aromatic heterocycles. The van der Waals surface area contributed by atoms with Crippen LogP contribution in [0.3, 0.4) is 0 Å². The summed E-state index contributed by atoms with van der Waals surface area (Å²) in [5.74, 6) is 1.31. The zero-order valence-corrected chi connectivity index (χ0v) is 17.8. The van der Waals surface area contributed by atoms with E-state index in [0.717, 1.165) is 68.1 Å². The third-order valence-electron chi connectivity index (χ3n) is 4.76. The number of aromatic nitrogens is 1. The van der Waals surface area contributed by atoms with Gasteiger partial charge in [-0.05, 0) is 43.5 Å². The topological polar surface area (TPSA) is 52.6 Å². The van der Waals surface area contributed by atoms with Crippen LogP contribution in [0.4, 0.5) is 4.39 Å². The fourth-order valence-electron chi connectivity index (χ4n) is 3.44. The van der Waals surface area contributed by atoms with E-state index in [2.05, 4.69) is 20.2 Å². The first-order valence-electron chi connectivity index (χ1n) is 9.00. The molecule has 0 bridgehead atoms. The number of likely N-dealkylation sites (tertiary alicyclic amines) is 1. The zero-order valence-electron chi connectivity index (χ0n) is 15.4. The van der Waals surface area contributed by atoms with Crippen LogP contribution >= 0.6 is 24.0 Å². The number of nitrogens with zero attached hydrogens (tertiary/aromatic N) is 2. The molecule has 3 rings (SSSR count). The van der Waals surface area contributed by atoms with Gasteiger partial charge in [-0.25, -0.2) is 4.39 Å². The van der Waals surface area contributed by atoms with Gasteiger partial charge in [0.25, 0.3) is 0 Å². The Morgan fingerprint density at radius 1 is 1.46 bits per heavy atom. The van der Waals surface area contributed by atoms with Crippen molar-refractivity contribution in [2.75, 3.05) is 39.9 Å². The lowest BCUT2D eigenvalue weighted by Gasteiger charge is -2.21. The van der Waals surface area contributed by atoms with E-state index in [4.69, 9.17) is 4.74 Å². The van der Waals surface area contributed by atoms with Crippen molar-refractivity contribution in [2.24, 2.45) is 10.9 Å². The second-order valence-electron chi connectivity index (χ2n) is 6.49. The van der Waals surface area contributed by atoms with Crippen LogP contribution in [0.15, 0.2) is 29.4 Å². The Morgan fingerprint density at radius 3 is 3.08 bits per heavy atom. The minimum Gasteiger partial charge on any atom is -0.381 e. The fourth-order valence-corrected chi connectivity index (χ4v) is 3.44. The second kappa shape index (κ2) is 10.1. The summed E-state index contributed by atoms with van der Waals surface area (Å²) in [6.45, 7) is 6.39. The highest BCUT2D eigenvalue weighted by Crippen LogP contribution is 2.20. The molecular weight excluding hydrogens is 446 g/mol. The Hall–Kier alpha value is -1.35. The minimum atomic E-state index is -0.200. The average Bonchev–Trinajstić information content (AvgIpc) is 3.24. The molecule has 7 heteroatoms. The summed E-state index contributed by atoms with van der Waals surface area (Å²) >= 11 is 0. The third kappa shape index (κ3) is 5.09. The summed E-state index contributed by atoms with van der Waals surface area (Å²) in [5, 5.41) is 4.39. The molecule has 0 spiro atoms. The molecule has 2 heterocycles. The van der Waals surface area contributed by atoms with Gasteiger partial charge in [0.05, 0.1) is 6.61 Å². The number of ether oxygens (including phenoxy) is 1. The molecule has 1 aliphatic rings. The molecule has 1 atom stereocenters. The number of fused-ring (bicyclic) bond motifs is 1. The zero-order chi connectivity index (χ0) is 17.6. The second-order valence-corrected chi connectivity index (χ2v) is 6.49. The third-order valence-corrected chi connectivity index (χ3v) is 4.76. The summed E-state index contributed by atoms with van der Waals surface area (Å²) in [6, 6.07) is 4.85. The maximum Gasteiger partial charge on any atom is 0.193 e. The lowest BCUT2D eigenvalue weighted by atomic mass is 10.1. The predicted molar refractivity (Wildman–Crippen MR) is 115 cm³/mol. The first kappa shape index (κ1) is 21.0. The highest BCUT2D eigenvalue weighted by molar-refractivity contribution is 14.0. The largest absolute Gasteiger partial charge is 0.381 e. The summed E-state index contributed by atoms with van der Waals surface area (Å²) in [7, 11) is 1.82. The number of nitrogens with one attached hydrogen (secondary N) is 2. The normalized spacial score (nSPS) is 17.6. The fraction of sp³-hybridized carbons (Fsp3) is 0.526. The number of aromatic amines is 1. The number of halogens is 2. The Morgan fingerprint density at radius 2 is 2.31 bits per heavy atom. The molecular formula is C19H28FIN4O. The first-order chi connectivity index (χ1) is 12.2. The molecule has 26 heavy (non-hydrogen) atoms. The number of guanidine groups is 1. The molecule has 1 aliphatic heterocycles. The van der Waals surface area contributed by atoms with E-state index in [1.807, 2.05) is 20.2 Å². The Kier molecular flexibility index (Phi) is 8.15.